The van der Waals surface area contributed by atoms with Crippen molar-refractivity contribution in [3.63, 3.8) is 0 Å². The van der Waals surface area contributed by atoms with E-state index in [2.05, 4.69) is 15.3 Å². The molecule has 1 aromatic carbocycles. The molecule has 138 valence electrons. The summed E-state index contributed by atoms with van der Waals surface area (Å²) in [5.74, 6) is 1.64. The summed E-state index contributed by atoms with van der Waals surface area (Å²) in [5.41, 5.74) is 2.61. The second-order valence-corrected chi connectivity index (χ2v) is 6.33. The quantitative estimate of drug-likeness (QED) is 0.733. The summed E-state index contributed by atoms with van der Waals surface area (Å²) in [4.78, 5) is 21.4. The van der Waals surface area contributed by atoms with Crippen molar-refractivity contribution in [3.05, 3.63) is 47.3 Å². The zero-order valence-corrected chi connectivity index (χ0v) is 15.3. The number of nitrogens with zero attached hydrogens (tertiary/aromatic N) is 2. The minimum Gasteiger partial charge on any atom is -0.497 e. The minimum atomic E-state index is 0.106. The van der Waals surface area contributed by atoms with Gasteiger partial charge in [0.2, 0.25) is 5.95 Å². The number of aromatic nitrogens is 2. The standard InChI is InChI=1S/C20H25N3O3/c1-3-26-10-4-9-21-20-22-13-17-18(23-20)11-15(12-19(17)24)14-5-7-16(25-2)8-6-14/h5-8,13,15H,3-4,9-12H2,1-2H3,(H,21,22,23)/t15-/m0/s1. The van der Waals surface area contributed by atoms with Crippen LogP contribution in [0.4, 0.5) is 5.95 Å². The van der Waals surface area contributed by atoms with Crippen LogP contribution in [0.25, 0.3) is 0 Å². The Morgan fingerprint density at radius 1 is 1.23 bits per heavy atom. The maximum absolute atomic E-state index is 12.5. The van der Waals surface area contributed by atoms with Gasteiger partial charge in [-0.25, -0.2) is 9.97 Å². The first kappa shape index (κ1) is 18.3. The summed E-state index contributed by atoms with van der Waals surface area (Å²) in [6.45, 7) is 4.17. The predicted molar refractivity (Wildman–Crippen MR) is 100 cm³/mol. The van der Waals surface area contributed by atoms with Gasteiger partial charge in [-0.2, -0.15) is 0 Å². The van der Waals surface area contributed by atoms with Gasteiger partial charge in [-0.3, -0.25) is 4.79 Å². The number of rotatable bonds is 8. The lowest BCUT2D eigenvalue weighted by molar-refractivity contribution is 0.0962. The van der Waals surface area contributed by atoms with E-state index in [4.69, 9.17) is 9.47 Å². The molecule has 26 heavy (non-hydrogen) atoms. The summed E-state index contributed by atoms with van der Waals surface area (Å²) in [6.07, 6.45) is 3.77. The van der Waals surface area contributed by atoms with Crippen molar-refractivity contribution in [1.29, 1.82) is 0 Å². The molecule has 3 rings (SSSR count). The van der Waals surface area contributed by atoms with E-state index in [1.165, 1.54) is 0 Å². The van der Waals surface area contributed by atoms with Crippen LogP contribution in [-0.2, 0) is 11.2 Å². The first-order chi connectivity index (χ1) is 12.7. The van der Waals surface area contributed by atoms with E-state index in [1.54, 1.807) is 13.3 Å². The largest absolute Gasteiger partial charge is 0.497 e. The van der Waals surface area contributed by atoms with Gasteiger partial charge in [0, 0.05) is 32.4 Å². The Labute approximate surface area is 154 Å². The third-order valence-electron chi connectivity index (χ3n) is 4.58. The zero-order valence-electron chi connectivity index (χ0n) is 15.3. The van der Waals surface area contributed by atoms with Gasteiger partial charge in [-0.15, -0.1) is 0 Å². The van der Waals surface area contributed by atoms with Gasteiger partial charge in [0.15, 0.2) is 5.78 Å². The number of hydrogen-bond donors (Lipinski definition) is 1. The maximum Gasteiger partial charge on any atom is 0.222 e. The van der Waals surface area contributed by atoms with E-state index in [-0.39, 0.29) is 11.7 Å². The number of carbonyl (C=O) groups is 1. The van der Waals surface area contributed by atoms with E-state index >= 15 is 0 Å². The number of ether oxygens (including phenoxy) is 2. The normalized spacial score (nSPS) is 16.2. The number of anilines is 1. The molecular weight excluding hydrogens is 330 g/mol. The monoisotopic (exact) mass is 355 g/mol. The zero-order chi connectivity index (χ0) is 18.4. The second kappa shape index (κ2) is 8.76. The predicted octanol–water partition coefficient (Wildman–Crippen LogP) is 3.24. The molecule has 1 aliphatic carbocycles. The molecule has 6 heteroatoms. The van der Waals surface area contributed by atoms with Crippen molar-refractivity contribution in [2.75, 3.05) is 32.2 Å². The van der Waals surface area contributed by atoms with Gasteiger partial charge in [0.25, 0.3) is 0 Å². The molecule has 0 fully saturated rings. The van der Waals surface area contributed by atoms with Crippen molar-refractivity contribution in [2.45, 2.75) is 32.1 Å². The number of hydrogen-bond acceptors (Lipinski definition) is 6. The van der Waals surface area contributed by atoms with Crippen LogP contribution in [0.3, 0.4) is 0 Å². The summed E-state index contributed by atoms with van der Waals surface area (Å²) in [5, 5.41) is 3.21. The molecule has 0 saturated heterocycles. The van der Waals surface area contributed by atoms with Gasteiger partial charge in [-0.05, 0) is 43.4 Å². The number of ketones is 1. The van der Waals surface area contributed by atoms with Crippen molar-refractivity contribution < 1.29 is 14.3 Å². The maximum atomic E-state index is 12.5. The van der Waals surface area contributed by atoms with Crippen LogP contribution in [0.2, 0.25) is 0 Å². The van der Waals surface area contributed by atoms with Crippen molar-refractivity contribution in [1.82, 2.24) is 9.97 Å². The van der Waals surface area contributed by atoms with Crippen molar-refractivity contribution in [2.24, 2.45) is 0 Å². The van der Waals surface area contributed by atoms with Crippen molar-refractivity contribution >= 4 is 11.7 Å². The molecule has 1 N–H and O–H groups in total. The lowest BCUT2D eigenvalue weighted by Crippen LogP contribution is -2.21. The fourth-order valence-corrected chi connectivity index (χ4v) is 3.16. The Balaban J connectivity index is 1.68. The first-order valence-electron chi connectivity index (χ1n) is 9.06. The Morgan fingerprint density at radius 2 is 2.04 bits per heavy atom. The van der Waals surface area contributed by atoms with Gasteiger partial charge in [0.1, 0.15) is 5.75 Å². The van der Waals surface area contributed by atoms with E-state index in [9.17, 15) is 4.79 Å². The van der Waals surface area contributed by atoms with Gasteiger partial charge < -0.3 is 14.8 Å². The molecule has 1 heterocycles. The molecule has 1 aliphatic rings. The SMILES string of the molecule is CCOCCCNc1ncc2c(n1)C[C@H](c1ccc(OC)cc1)CC2=O. The Bertz CT molecular complexity index is 746. The highest BCUT2D eigenvalue weighted by Crippen LogP contribution is 2.32. The molecular formula is C20H25N3O3. The smallest absolute Gasteiger partial charge is 0.222 e. The fourth-order valence-electron chi connectivity index (χ4n) is 3.16. The minimum absolute atomic E-state index is 0.106. The molecule has 0 spiro atoms. The van der Waals surface area contributed by atoms with Gasteiger partial charge in [0.05, 0.1) is 18.4 Å². The molecule has 0 bridgehead atoms. The third kappa shape index (κ3) is 4.38. The lowest BCUT2D eigenvalue weighted by Gasteiger charge is -2.23. The molecule has 0 aliphatic heterocycles. The average Bonchev–Trinajstić information content (AvgIpc) is 2.67. The van der Waals surface area contributed by atoms with E-state index in [1.807, 2.05) is 31.2 Å². The number of nitrogens with one attached hydrogen (secondary N) is 1. The highest BCUT2D eigenvalue weighted by Gasteiger charge is 2.28. The molecule has 2 aromatic rings. The Morgan fingerprint density at radius 3 is 2.77 bits per heavy atom. The van der Waals surface area contributed by atoms with Crippen LogP contribution in [0.1, 0.15) is 47.3 Å². The molecule has 0 unspecified atom stereocenters. The number of methoxy groups -OCH3 is 1. The van der Waals surface area contributed by atoms with Crippen LogP contribution in [0.5, 0.6) is 5.75 Å². The molecule has 0 saturated carbocycles. The van der Waals surface area contributed by atoms with E-state index < -0.39 is 0 Å². The lowest BCUT2D eigenvalue weighted by atomic mass is 9.82. The van der Waals surface area contributed by atoms with Gasteiger partial charge in [-0.1, -0.05) is 12.1 Å². The molecule has 1 aromatic heterocycles. The molecule has 0 amide bonds. The molecule has 6 nitrogen and oxygen atoms in total. The van der Waals surface area contributed by atoms with Gasteiger partial charge >= 0.3 is 0 Å². The van der Waals surface area contributed by atoms with E-state index in [0.29, 0.717) is 24.5 Å². The summed E-state index contributed by atoms with van der Waals surface area (Å²) in [6, 6.07) is 7.91. The van der Waals surface area contributed by atoms with Crippen LogP contribution in [-0.4, -0.2) is 42.6 Å². The molecule has 0 radical (unpaired) electrons. The number of benzene rings is 1. The van der Waals surface area contributed by atoms with Crippen molar-refractivity contribution in [3.8, 4) is 5.75 Å². The van der Waals surface area contributed by atoms with Crippen LogP contribution < -0.4 is 10.1 Å². The highest BCUT2D eigenvalue weighted by atomic mass is 16.5. The van der Waals surface area contributed by atoms with Crippen LogP contribution >= 0.6 is 0 Å². The first-order valence-corrected chi connectivity index (χ1v) is 9.06. The molecule has 1 atom stereocenters. The fraction of sp³-hybridized carbons (Fsp3) is 0.450. The summed E-state index contributed by atoms with van der Waals surface area (Å²) in [7, 11) is 1.65. The topological polar surface area (TPSA) is 73.3 Å². The van der Waals surface area contributed by atoms with E-state index in [0.717, 1.165) is 43.0 Å². The second-order valence-electron chi connectivity index (χ2n) is 6.33. The number of carbonyl (C=O) groups excluding carboxylic acids is 1. The van der Waals surface area contributed by atoms with Crippen LogP contribution in [0.15, 0.2) is 30.5 Å². The summed E-state index contributed by atoms with van der Waals surface area (Å²) >= 11 is 0. The average molecular weight is 355 g/mol. The number of fused-ring (bicyclic) bond motifs is 1. The highest BCUT2D eigenvalue weighted by molar-refractivity contribution is 5.98. The summed E-state index contributed by atoms with van der Waals surface area (Å²) < 4.78 is 10.5. The number of Topliss-reactive ketones (excluding diaryl/α,β-unsaturated/α-hetero) is 1. The third-order valence-corrected chi connectivity index (χ3v) is 4.58. The Hall–Kier alpha value is -2.47. The van der Waals surface area contributed by atoms with Crippen LogP contribution in [0, 0.1) is 0 Å². The Kier molecular flexibility index (Phi) is 6.17.